The lowest BCUT2D eigenvalue weighted by atomic mass is 10.0. The molecule has 0 radical (unpaired) electrons. The third-order valence-corrected chi connectivity index (χ3v) is 4.82. The summed E-state index contributed by atoms with van der Waals surface area (Å²) in [6.45, 7) is 0. The summed E-state index contributed by atoms with van der Waals surface area (Å²) in [5.41, 5.74) is 3.35. The molecular weight excluding hydrogens is 310 g/mol. The molecule has 0 saturated carbocycles. The molecule has 4 heteroatoms. The molecule has 1 N–H and O–H groups in total. The quantitative estimate of drug-likeness (QED) is 0.764. The third kappa shape index (κ3) is 1.90. The van der Waals surface area contributed by atoms with Crippen LogP contribution in [0, 0.1) is 0 Å². The van der Waals surface area contributed by atoms with Crippen LogP contribution >= 0.6 is 27.3 Å². The van der Waals surface area contributed by atoms with Gasteiger partial charge in [0.05, 0.1) is 12.3 Å². The van der Waals surface area contributed by atoms with Crippen molar-refractivity contribution in [3.63, 3.8) is 0 Å². The summed E-state index contributed by atoms with van der Waals surface area (Å²) in [4.78, 5) is 0. The molecule has 2 aromatic heterocycles. The molecule has 0 aliphatic carbocycles. The molecule has 2 heterocycles. The van der Waals surface area contributed by atoms with Crippen molar-refractivity contribution >= 4 is 38.2 Å². The van der Waals surface area contributed by atoms with Gasteiger partial charge in [-0.05, 0) is 40.0 Å². The molecule has 0 fully saturated rings. The zero-order valence-electron chi connectivity index (χ0n) is 9.81. The Labute approximate surface area is 118 Å². The van der Waals surface area contributed by atoms with Gasteiger partial charge in [-0.3, -0.25) is 0 Å². The number of halogens is 1. The fraction of sp³-hybridized carbons (Fsp3) is 0.143. The lowest BCUT2D eigenvalue weighted by molar-refractivity contribution is 0.597. The topological polar surface area (TPSA) is 25.2 Å². The van der Waals surface area contributed by atoms with E-state index in [2.05, 4.69) is 38.1 Å². The minimum absolute atomic E-state index is 0.147. The summed E-state index contributed by atoms with van der Waals surface area (Å²) in [6.07, 6.45) is 1.84. The van der Waals surface area contributed by atoms with E-state index in [-0.39, 0.29) is 6.04 Å². The summed E-state index contributed by atoms with van der Waals surface area (Å²) >= 11 is 5.29. The number of rotatable bonds is 3. The molecule has 0 spiro atoms. The highest BCUT2D eigenvalue weighted by atomic mass is 79.9. The van der Waals surface area contributed by atoms with Crippen molar-refractivity contribution in [1.29, 1.82) is 0 Å². The van der Waals surface area contributed by atoms with Gasteiger partial charge in [-0.2, -0.15) is 11.3 Å². The third-order valence-electron chi connectivity index (χ3n) is 3.06. The van der Waals surface area contributed by atoms with E-state index in [1.807, 2.05) is 31.5 Å². The Morgan fingerprint density at radius 3 is 2.78 bits per heavy atom. The van der Waals surface area contributed by atoms with Gasteiger partial charge in [-0.25, -0.2) is 0 Å². The molecule has 0 aliphatic rings. The Morgan fingerprint density at radius 2 is 2.06 bits per heavy atom. The smallest absolute Gasteiger partial charge is 0.134 e. The van der Waals surface area contributed by atoms with Crippen molar-refractivity contribution in [3.05, 3.63) is 56.9 Å². The maximum Gasteiger partial charge on any atom is 0.134 e. The highest BCUT2D eigenvalue weighted by Crippen LogP contribution is 2.35. The maximum absolute atomic E-state index is 5.62. The molecule has 3 rings (SSSR count). The van der Waals surface area contributed by atoms with E-state index in [1.54, 1.807) is 11.3 Å². The first-order valence-electron chi connectivity index (χ1n) is 5.66. The molecule has 92 valence electrons. The average molecular weight is 322 g/mol. The van der Waals surface area contributed by atoms with E-state index >= 15 is 0 Å². The van der Waals surface area contributed by atoms with Crippen LogP contribution in [0.15, 0.2) is 50.2 Å². The van der Waals surface area contributed by atoms with Crippen LogP contribution in [0.2, 0.25) is 0 Å². The number of hydrogen-bond acceptors (Lipinski definition) is 3. The fourth-order valence-electron chi connectivity index (χ4n) is 2.20. The van der Waals surface area contributed by atoms with Gasteiger partial charge in [-0.15, -0.1) is 0 Å². The molecule has 18 heavy (non-hydrogen) atoms. The lowest BCUT2D eigenvalue weighted by Crippen LogP contribution is -2.16. The van der Waals surface area contributed by atoms with Gasteiger partial charge in [0.15, 0.2) is 0 Å². The molecular formula is C14H12BrNOS. The van der Waals surface area contributed by atoms with Crippen molar-refractivity contribution in [3.8, 4) is 0 Å². The van der Waals surface area contributed by atoms with E-state index in [0.717, 1.165) is 15.4 Å². The Bertz CT molecular complexity index is 673. The molecule has 0 amide bonds. The monoisotopic (exact) mass is 321 g/mol. The number of benzene rings is 1. The molecule has 1 unspecified atom stereocenters. The number of nitrogens with one attached hydrogen (secondary N) is 1. The van der Waals surface area contributed by atoms with Crippen LogP contribution in [0.4, 0.5) is 0 Å². The van der Waals surface area contributed by atoms with Gasteiger partial charge in [0.1, 0.15) is 5.58 Å². The fourth-order valence-corrected chi connectivity index (χ4v) is 3.75. The van der Waals surface area contributed by atoms with Crippen LogP contribution in [0.5, 0.6) is 0 Å². The first kappa shape index (κ1) is 12.0. The molecule has 1 atom stereocenters. The van der Waals surface area contributed by atoms with Crippen LogP contribution in [0.3, 0.4) is 0 Å². The summed E-state index contributed by atoms with van der Waals surface area (Å²) < 4.78 is 6.75. The van der Waals surface area contributed by atoms with Crippen molar-refractivity contribution in [2.75, 3.05) is 7.05 Å². The maximum atomic E-state index is 5.62. The predicted molar refractivity (Wildman–Crippen MR) is 79.1 cm³/mol. The molecule has 0 bridgehead atoms. The number of fused-ring (bicyclic) bond motifs is 1. The van der Waals surface area contributed by atoms with E-state index < -0.39 is 0 Å². The molecule has 0 aliphatic heterocycles. The highest BCUT2D eigenvalue weighted by molar-refractivity contribution is 9.10. The number of thiophene rings is 1. The van der Waals surface area contributed by atoms with Crippen molar-refractivity contribution < 1.29 is 4.42 Å². The zero-order valence-corrected chi connectivity index (χ0v) is 12.2. The van der Waals surface area contributed by atoms with E-state index in [9.17, 15) is 0 Å². The Hall–Kier alpha value is -1.10. The molecule has 1 aromatic carbocycles. The average Bonchev–Trinajstić information content (AvgIpc) is 2.99. The summed E-state index contributed by atoms with van der Waals surface area (Å²) in [5, 5.41) is 8.78. The second-order valence-electron chi connectivity index (χ2n) is 4.08. The van der Waals surface area contributed by atoms with Gasteiger partial charge in [0, 0.05) is 20.8 Å². The standard InChI is InChI=1S/C14H12BrNOS/c1-16-14(11-7-18-8-12(11)15)10-6-17-13-5-3-2-4-9(10)13/h2-8,14,16H,1H3. The summed E-state index contributed by atoms with van der Waals surface area (Å²) in [5.74, 6) is 0. The van der Waals surface area contributed by atoms with Gasteiger partial charge in [0.2, 0.25) is 0 Å². The van der Waals surface area contributed by atoms with E-state index in [1.165, 1.54) is 11.1 Å². The number of hydrogen-bond donors (Lipinski definition) is 1. The Balaban J connectivity index is 2.15. The first-order valence-corrected chi connectivity index (χ1v) is 7.40. The van der Waals surface area contributed by atoms with Crippen molar-refractivity contribution in [2.24, 2.45) is 0 Å². The molecule has 2 nitrogen and oxygen atoms in total. The minimum Gasteiger partial charge on any atom is -0.464 e. The van der Waals surface area contributed by atoms with Crippen LogP contribution in [0.1, 0.15) is 17.2 Å². The van der Waals surface area contributed by atoms with Gasteiger partial charge >= 0.3 is 0 Å². The Morgan fingerprint density at radius 1 is 1.22 bits per heavy atom. The lowest BCUT2D eigenvalue weighted by Gasteiger charge is -2.14. The van der Waals surface area contributed by atoms with Gasteiger partial charge < -0.3 is 9.73 Å². The van der Waals surface area contributed by atoms with Crippen molar-refractivity contribution in [1.82, 2.24) is 5.32 Å². The van der Waals surface area contributed by atoms with E-state index in [4.69, 9.17) is 4.42 Å². The SMILES string of the molecule is CNC(c1cscc1Br)c1coc2ccccc12. The second-order valence-corrected chi connectivity index (χ2v) is 5.68. The Kier molecular flexibility index (Phi) is 3.24. The van der Waals surface area contributed by atoms with Gasteiger partial charge in [-0.1, -0.05) is 18.2 Å². The van der Waals surface area contributed by atoms with Crippen LogP contribution < -0.4 is 5.32 Å². The van der Waals surface area contributed by atoms with Crippen LogP contribution in [0.25, 0.3) is 11.0 Å². The van der Waals surface area contributed by atoms with Crippen molar-refractivity contribution in [2.45, 2.75) is 6.04 Å². The van der Waals surface area contributed by atoms with Crippen LogP contribution in [-0.4, -0.2) is 7.05 Å². The predicted octanol–water partition coefficient (Wildman–Crippen LogP) is 4.57. The minimum atomic E-state index is 0.147. The largest absolute Gasteiger partial charge is 0.464 e. The number of furan rings is 1. The van der Waals surface area contributed by atoms with Crippen LogP contribution in [-0.2, 0) is 0 Å². The zero-order chi connectivity index (χ0) is 12.5. The summed E-state index contributed by atoms with van der Waals surface area (Å²) in [7, 11) is 1.97. The number of para-hydroxylation sites is 1. The van der Waals surface area contributed by atoms with Gasteiger partial charge in [0.25, 0.3) is 0 Å². The van der Waals surface area contributed by atoms with E-state index in [0.29, 0.717) is 0 Å². The summed E-state index contributed by atoms with van der Waals surface area (Å²) in [6, 6.07) is 8.27. The normalized spacial score (nSPS) is 13.0. The molecule has 0 saturated heterocycles. The first-order chi connectivity index (χ1) is 8.81. The second kappa shape index (κ2) is 4.88. The highest BCUT2D eigenvalue weighted by Gasteiger charge is 2.19. The molecule has 3 aromatic rings.